The summed E-state index contributed by atoms with van der Waals surface area (Å²) >= 11 is 0. The van der Waals surface area contributed by atoms with Crippen LogP contribution in [0.25, 0.3) is 0 Å². The van der Waals surface area contributed by atoms with E-state index in [4.69, 9.17) is 5.11 Å². The Morgan fingerprint density at radius 3 is 2.58 bits per heavy atom. The van der Waals surface area contributed by atoms with E-state index < -0.39 is 17.7 Å². The van der Waals surface area contributed by atoms with Gasteiger partial charge < -0.3 is 10.0 Å². The number of carboxylic acids is 1. The first-order chi connectivity index (χ1) is 12.2. The first-order valence-electron chi connectivity index (χ1n) is 8.53. The zero-order valence-electron chi connectivity index (χ0n) is 14.6. The van der Waals surface area contributed by atoms with E-state index in [1.807, 2.05) is 0 Å². The van der Waals surface area contributed by atoms with Crippen LogP contribution in [0.4, 0.5) is 13.2 Å². The molecule has 8 heteroatoms. The number of likely N-dealkylation sites (tertiary alicyclic amines) is 1. The number of carbonyl (C=O) groups is 2. The maximum Gasteiger partial charge on any atom is 0.416 e. The molecule has 0 spiro atoms. The van der Waals surface area contributed by atoms with Gasteiger partial charge in [-0.05, 0) is 37.9 Å². The highest BCUT2D eigenvalue weighted by Gasteiger charge is 2.34. The lowest BCUT2D eigenvalue weighted by Gasteiger charge is -2.25. The molecule has 1 aromatic carbocycles. The van der Waals surface area contributed by atoms with E-state index >= 15 is 0 Å². The lowest BCUT2D eigenvalue weighted by atomic mass is 10.0. The van der Waals surface area contributed by atoms with Crippen LogP contribution in [0.15, 0.2) is 24.3 Å². The standard InChI is InChI=1S/C18H23F3N2O3/c1-22(12-17(25)26)14-6-4-9-23(10-8-14)16(24)11-13-5-2-3-7-15(13)18(19,20)21/h2-3,5,7,14H,4,6,8-12H2,1H3,(H,25,26)/t14-/m0/s1. The van der Waals surface area contributed by atoms with E-state index in [1.165, 1.54) is 18.2 Å². The van der Waals surface area contributed by atoms with E-state index in [1.54, 1.807) is 16.8 Å². The maximum absolute atomic E-state index is 13.1. The highest BCUT2D eigenvalue weighted by molar-refractivity contribution is 5.79. The third-order valence-electron chi connectivity index (χ3n) is 4.72. The first-order valence-corrected chi connectivity index (χ1v) is 8.53. The van der Waals surface area contributed by atoms with Crippen molar-refractivity contribution in [3.8, 4) is 0 Å². The number of halogens is 3. The van der Waals surface area contributed by atoms with Crippen LogP contribution in [0.5, 0.6) is 0 Å². The average Bonchev–Trinajstić information content (AvgIpc) is 2.80. The van der Waals surface area contributed by atoms with Crippen LogP contribution < -0.4 is 0 Å². The molecule has 1 aliphatic rings. The summed E-state index contributed by atoms with van der Waals surface area (Å²) in [4.78, 5) is 26.7. The van der Waals surface area contributed by atoms with Crippen LogP contribution in [0.1, 0.15) is 30.4 Å². The second kappa shape index (κ2) is 8.53. The van der Waals surface area contributed by atoms with E-state index in [0.717, 1.165) is 12.5 Å². The molecule has 0 unspecified atom stereocenters. The summed E-state index contributed by atoms with van der Waals surface area (Å²) in [5, 5.41) is 8.88. The number of hydrogen-bond donors (Lipinski definition) is 1. The summed E-state index contributed by atoms with van der Waals surface area (Å²) < 4.78 is 39.2. The second-order valence-electron chi connectivity index (χ2n) is 6.61. The van der Waals surface area contributed by atoms with Crippen LogP contribution in [0, 0.1) is 0 Å². The molecule has 0 aliphatic carbocycles. The van der Waals surface area contributed by atoms with Crippen molar-refractivity contribution < 1.29 is 27.9 Å². The van der Waals surface area contributed by atoms with Crippen molar-refractivity contribution in [3.05, 3.63) is 35.4 Å². The van der Waals surface area contributed by atoms with Gasteiger partial charge in [-0.25, -0.2) is 0 Å². The topological polar surface area (TPSA) is 60.9 Å². The number of hydrogen-bond acceptors (Lipinski definition) is 3. The van der Waals surface area contributed by atoms with Gasteiger partial charge in [0.25, 0.3) is 0 Å². The SMILES string of the molecule is CN(CC(=O)O)[C@H]1CCCN(C(=O)Cc2ccccc2C(F)(F)F)CC1. The lowest BCUT2D eigenvalue weighted by Crippen LogP contribution is -2.37. The summed E-state index contributed by atoms with van der Waals surface area (Å²) in [6, 6.07) is 5.18. The Bertz CT molecular complexity index is 649. The van der Waals surface area contributed by atoms with Crippen molar-refractivity contribution >= 4 is 11.9 Å². The summed E-state index contributed by atoms with van der Waals surface area (Å²) in [7, 11) is 1.73. The summed E-state index contributed by atoms with van der Waals surface area (Å²) in [6.07, 6.45) is -2.71. The molecule has 1 N–H and O–H groups in total. The molecular weight excluding hydrogens is 349 g/mol. The van der Waals surface area contributed by atoms with Gasteiger partial charge in [-0.15, -0.1) is 0 Å². The molecule has 1 heterocycles. The average molecular weight is 372 g/mol. The molecule has 5 nitrogen and oxygen atoms in total. The number of carboxylic acid groups (broad SMARTS) is 1. The molecule has 1 aromatic rings. The van der Waals surface area contributed by atoms with E-state index in [9.17, 15) is 22.8 Å². The normalized spacial score (nSPS) is 18.7. The van der Waals surface area contributed by atoms with Crippen molar-refractivity contribution in [1.82, 2.24) is 9.80 Å². The van der Waals surface area contributed by atoms with Gasteiger partial charge in [0.05, 0.1) is 18.5 Å². The lowest BCUT2D eigenvalue weighted by molar-refractivity contribution is -0.140. The fourth-order valence-electron chi connectivity index (χ4n) is 3.34. The highest BCUT2D eigenvalue weighted by atomic mass is 19.4. The maximum atomic E-state index is 13.1. The van der Waals surface area contributed by atoms with Crippen molar-refractivity contribution in [1.29, 1.82) is 0 Å². The third kappa shape index (κ3) is 5.45. The Hall–Kier alpha value is -2.09. The summed E-state index contributed by atoms with van der Waals surface area (Å²) in [5.41, 5.74) is -0.795. The number of rotatable bonds is 5. The molecule has 2 rings (SSSR count). The Morgan fingerprint density at radius 1 is 1.23 bits per heavy atom. The number of nitrogens with zero attached hydrogens (tertiary/aromatic N) is 2. The Morgan fingerprint density at radius 2 is 1.92 bits per heavy atom. The largest absolute Gasteiger partial charge is 0.480 e. The van der Waals surface area contributed by atoms with Gasteiger partial charge >= 0.3 is 12.1 Å². The number of benzene rings is 1. The fraction of sp³-hybridized carbons (Fsp3) is 0.556. The molecule has 144 valence electrons. The molecule has 1 saturated heterocycles. The van der Waals surface area contributed by atoms with Crippen molar-refractivity contribution in [2.45, 2.75) is 37.9 Å². The van der Waals surface area contributed by atoms with Crippen LogP contribution in [-0.4, -0.2) is 59.5 Å². The molecule has 0 radical (unpaired) electrons. The van der Waals surface area contributed by atoms with Gasteiger partial charge in [-0.1, -0.05) is 18.2 Å². The minimum absolute atomic E-state index is 0.0196. The monoisotopic (exact) mass is 372 g/mol. The Kier molecular flexibility index (Phi) is 6.63. The molecule has 1 fully saturated rings. The molecule has 0 bridgehead atoms. The van der Waals surface area contributed by atoms with Crippen molar-refractivity contribution in [2.75, 3.05) is 26.7 Å². The number of alkyl halides is 3. The van der Waals surface area contributed by atoms with Crippen LogP contribution in [-0.2, 0) is 22.2 Å². The van der Waals surface area contributed by atoms with Crippen molar-refractivity contribution in [2.24, 2.45) is 0 Å². The summed E-state index contributed by atoms with van der Waals surface area (Å²) in [5.74, 6) is -1.24. The Balaban J connectivity index is 2.00. The molecule has 26 heavy (non-hydrogen) atoms. The third-order valence-corrected chi connectivity index (χ3v) is 4.72. The van der Waals surface area contributed by atoms with Crippen molar-refractivity contribution in [3.63, 3.8) is 0 Å². The van der Waals surface area contributed by atoms with Gasteiger partial charge in [0.2, 0.25) is 5.91 Å². The molecule has 0 aromatic heterocycles. The fourth-order valence-corrected chi connectivity index (χ4v) is 3.34. The minimum Gasteiger partial charge on any atom is -0.480 e. The van der Waals surface area contributed by atoms with Crippen LogP contribution in [0.2, 0.25) is 0 Å². The van der Waals surface area contributed by atoms with Gasteiger partial charge in [-0.2, -0.15) is 13.2 Å². The molecule has 1 atom stereocenters. The van der Waals surface area contributed by atoms with E-state index in [2.05, 4.69) is 0 Å². The van der Waals surface area contributed by atoms with Gasteiger partial charge in [0.1, 0.15) is 0 Å². The second-order valence-corrected chi connectivity index (χ2v) is 6.61. The van der Waals surface area contributed by atoms with Gasteiger partial charge in [-0.3, -0.25) is 14.5 Å². The first kappa shape index (κ1) is 20.2. The predicted octanol–water partition coefficient (Wildman–Crippen LogP) is 2.65. The van der Waals surface area contributed by atoms with Crippen LogP contribution in [0.3, 0.4) is 0 Å². The predicted molar refractivity (Wildman–Crippen MR) is 89.6 cm³/mol. The van der Waals surface area contributed by atoms with Gasteiger partial charge in [0, 0.05) is 19.1 Å². The van der Waals surface area contributed by atoms with Crippen LogP contribution >= 0.6 is 0 Å². The number of aliphatic carboxylic acids is 1. The molecular formula is C18H23F3N2O3. The zero-order chi connectivity index (χ0) is 19.3. The van der Waals surface area contributed by atoms with Gasteiger partial charge in [0.15, 0.2) is 0 Å². The molecule has 1 aliphatic heterocycles. The number of amides is 1. The molecule has 0 saturated carbocycles. The Labute approximate surface area is 150 Å². The minimum atomic E-state index is -4.49. The molecule has 1 amide bonds. The summed E-state index contributed by atoms with van der Waals surface area (Å²) in [6.45, 7) is 0.823. The highest BCUT2D eigenvalue weighted by Crippen LogP contribution is 2.32. The quantitative estimate of drug-likeness (QED) is 0.863. The van der Waals surface area contributed by atoms with E-state index in [-0.39, 0.29) is 30.5 Å². The van der Waals surface area contributed by atoms with E-state index in [0.29, 0.717) is 25.9 Å². The number of likely N-dealkylation sites (N-methyl/N-ethyl adjacent to an activating group) is 1. The smallest absolute Gasteiger partial charge is 0.416 e. The number of carbonyl (C=O) groups excluding carboxylic acids is 1. The zero-order valence-corrected chi connectivity index (χ0v) is 14.6.